The molecule has 0 amide bonds. The Morgan fingerprint density at radius 1 is 1.04 bits per heavy atom. The smallest absolute Gasteiger partial charge is 0.191 e. The van der Waals surface area contributed by atoms with Gasteiger partial charge in [0.1, 0.15) is 0 Å². The van der Waals surface area contributed by atoms with Crippen molar-refractivity contribution in [1.29, 1.82) is 0 Å². The Morgan fingerprint density at radius 2 is 1.75 bits per heavy atom. The van der Waals surface area contributed by atoms with Crippen molar-refractivity contribution in [1.82, 2.24) is 15.5 Å². The number of guanidine groups is 1. The van der Waals surface area contributed by atoms with Crippen molar-refractivity contribution in [2.45, 2.75) is 59.3 Å². The van der Waals surface area contributed by atoms with Crippen molar-refractivity contribution >= 4 is 29.9 Å². The first-order chi connectivity index (χ1) is 13.3. The van der Waals surface area contributed by atoms with Crippen LogP contribution in [0.25, 0.3) is 0 Å². The van der Waals surface area contributed by atoms with Crippen LogP contribution >= 0.6 is 24.0 Å². The molecule has 0 saturated carbocycles. The molecule has 1 aliphatic heterocycles. The highest BCUT2D eigenvalue weighted by Gasteiger charge is 2.13. The van der Waals surface area contributed by atoms with Crippen molar-refractivity contribution in [3.63, 3.8) is 0 Å². The Kier molecular flexibility index (Phi) is 20.1. The summed E-state index contributed by atoms with van der Waals surface area (Å²) in [6, 6.07) is 0. The minimum absolute atomic E-state index is 0. The molecule has 2 N–H and O–H groups in total. The Balaban J connectivity index is 0.00000729. The van der Waals surface area contributed by atoms with Crippen molar-refractivity contribution in [3.05, 3.63) is 0 Å². The summed E-state index contributed by atoms with van der Waals surface area (Å²) in [5, 5.41) is 6.79. The van der Waals surface area contributed by atoms with E-state index in [1.807, 2.05) is 0 Å². The van der Waals surface area contributed by atoms with Crippen LogP contribution in [0.5, 0.6) is 0 Å². The van der Waals surface area contributed by atoms with Gasteiger partial charge >= 0.3 is 0 Å². The highest BCUT2D eigenvalue weighted by molar-refractivity contribution is 14.0. The number of rotatable bonds is 15. The molecule has 0 bridgehead atoms. The number of nitrogens with one attached hydrogen (secondary N) is 2. The van der Waals surface area contributed by atoms with Crippen LogP contribution in [-0.2, 0) is 9.47 Å². The van der Waals surface area contributed by atoms with Gasteiger partial charge in [-0.3, -0.25) is 4.99 Å². The third kappa shape index (κ3) is 14.8. The number of aliphatic imine (C=N–C) groups is 1. The number of halogens is 1. The van der Waals surface area contributed by atoms with Gasteiger partial charge in [0, 0.05) is 46.1 Å². The van der Waals surface area contributed by atoms with Gasteiger partial charge in [0.2, 0.25) is 0 Å². The molecule has 1 aliphatic rings. The molecule has 0 radical (unpaired) electrons. The van der Waals surface area contributed by atoms with Gasteiger partial charge in [0.05, 0.1) is 0 Å². The summed E-state index contributed by atoms with van der Waals surface area (Å²) in [4.78, 5) is 7.23. The van der Waals surface area contributed by atoms with Gasteiger partial charge in [-0.2, -0.15) is 0 Å². The summed E-state index contributed by atoms with van der Waals surface area (Å²) in [7, 11) is 0. The lowest BCUT2D eigenvalue weighted by molar-refractivity contribution is 0.0205. The monoisotopic (exact) mass is 512 g/mol. The molecular formula is C21H45IN4O2. The minimum atomic E-state index is 0. The molecule has 168 valence electrons. The van der Waals surface area contributed by atoms with Crippen molar-refractivity contribution < 1.29 is 9.47 Å². The van der Waals surface area contributed by atoms with E-state index in [4.69, 9.17) is 9.47 Å². The largest absolute Gasteiger partial charge is 0.381 e. The van der Waals surface area contributed by atoms with Crippen LogP contribution in [-0.4, -0.2) is 76.6 Å². The standard InChI is InChI=1S/C21H44N4O2.HI/c1-4-13-25(14-5-2)15-7-11-23-21(22-6-3)24-12-8-16-27-19-20-9-17-26-18-10-20;/h20H,4-19H2,1-3H3,(H2,22,23,24);1H. The average Bonchev–Trinajstić information content (AvgIpc) is 2.68. The van der Waals surface area contributed by atoms with Crippen LogP contribution < -0.4 is 10.6 Å². The first kappa shape index (κ1) is 27.9. The topological polar surface area (TPSA) is 58.1 Å². The first-order valence-corrected chi connectivity index (χ1v) is 11.2. The number of hydrogen-bond donors (Lipinski definition) is 2. The van der Waals surface area contributed by atoms with E-state index < -0.39 is 0 Å². The van der Waals surface area contributed by atoms with E-state index >= 15 is 0 Å². The van der Waals surface area contributed by atoms with E-state index in [0.29, 0.717) is 5.92 Å². The van der Waals surface area contributed by atoms with Crippen molar-refractivity contribution in [3.8, 4) is 0 Å². The maximum absolute atomic E-state index is 5.81. The lowest BCUT2D eigenvalue weighted by Gasteiger charge is -2.21. The number of ether oxygens (including phenoxy) is 2. The molecule has 28 heavy (non-hydrogen) atoms. The predicted molar refractivity (Wildman–Crippen MR) is 130 cm³/mol. The molecule has 0 aliphatic carbocycles. The number of hydrogen-bond acceptors (Lipinski definition) is 4. The Bertz CT molecular complexity index is 360. The van der Waals surface area contributed by atoms with Crippen LogP contribution in [0.3, 0.4) is 0 Å². The molecule has 0 unspecified atom stereocenters. The van der Waals surface area contributed by atoms with Gasteiger partial charge in [-0.15, -0.1) is 24.0 Å². The second-order valence-corrected chi connectivity index (χ2v) is 7.37. The second-order valence-electron chi connectivity index (χ2n) is 7.37. The van der Waals surface area contributed by atoms with Crippen molar-refractivity contribution in [2.24, 2.45) is 10.9 Å². The molecule has 6 nitrogen and oxygen atoms in total. The molecule has 1 heterocycles. The molecule has 0 aromatic heterocycles. The van der Waals surface area contributed by atoms with Gasteiger partial charge in [0.25, 0.3) is 0 Å². The maximum Gasteiger partial charge on any atom is 0.191 e. The molecule has 0 spiro atoms. The average molecular weight is 513 g/mol. The van der Waals surface area contributed by atoms with Gasteiger partial charge in [-0.05, 0) is 71.0 Å². The van der Waals surface area contributed by atoms with E-state index in [2.05, 4.69) is 41.3 Å². The second kappa shape index (κ2) is 20.2. The fourth-order valence-corrected chi connectivity index (χ4v) is 3.34. The maximum atomic E-state index is 5.81. The summed E-state index contributed by atoms with van der Waals surface area (Å²) in [6.07, 6.45) is 6.86. The van der Waals surface area contributed by atoms with Gasteiger partial charge < -0.3 is 25.0 Å². The van der Waals surface area contributed by atoms with Gasteiger partial charge in [0.15, 0.2) is 5.96 Å². The Morgan fingerprint density at radius 3 is 2.39 bits per heavy atom. The third-order valence-corrected chi connectivity index (χ3v) is 4.78. The lowest BCUT2D eigenvalue weighted by Crippen LogP contribution is -2.39. The fourth-order valence-electron chi connectivity index (χ4n) is 3.34. The van der Waals surface area contributed by atoms with E-state index in [9.17, 15) is 0 Å². The van der Waals surface area contributed by atoms with Crippen LogP contribution in [0.1, 0.15) is 59.3 Å². The molecule has 7 heteroatoms. The normalized spacial score (nSPS) is 15.5. The number of nitrogens with zero attached hydrogens (tertiary/aromatic N) is 2. The first-order valence-electron chi connectivity index (χ1n) is 11.2. The van der Waals surface area contributed by atoms with Crippen LogP contribution in [0.2, 0.25) is 0 Å². The summed E-state index contributed by atoms with van der Waals surface area (Å²) in [5.41, 5.74) is 0. The third-order valence-electron chi connectivity index (χ3n) is 4.78. The summed E-state index contributed by atoms with van der Waals surface area (Å²) in [6.45, 7) is 16.3. The van der Waals surface area contributed by atoms with E-state index in [1.54, 1.807) is 0 Å². The molecular weight excluding hydrogens is 467 g/mol. The quantitative estimate of drug-likeness (QED) is 0.152. The summed E-state index contributed by atoms with van der Waals surface area (Å²) in [5.74, 6) is 1.61. The minimum Gasteiger partial charge on any atom is -0.381 e. The highest BCUT2D eigenvalue weighted by atomic mass is 127. The van der Waals surface area contributed by atoms with Gasteiger partial charge in [-0.25, -0.2) is 0 Å². The van der Waals surface area contributed by atoms with Crippen LogP contribution in [0.15, 0.2) is 4.99 Å². The Hall–Kier alpha value is -0.120. The fraction of sp³-hybridized carbons (Fsp3) is 0.952. The molecule has 0 aromatic carbocycles. The molecule has 0 atom stereocenters. The van der Waals surface area contributed by atoms with E-state index in [1.165, 1.54) is 25.9 Å². The summed E-state index contributed by atoms with van der Waals surface area (Å²) < 4.78 is 11.2. The summed E-state index contributed by atoms with van der Waals surface area (Å²) >= 11 is 0. The van der Waals surface area contributed by atoms with E-state index in [0.717, 1.165) is 84.2 Å². The predicted octanol–water partition coefficient (Wildman–Crippen LogP) is 3.50. The van der Waals surface area contributed by atoms with Gasteiger partial charge in [-0.1, -0.05) is 13.8 Å². The van der Waals surface area contributed by atoms with Crippen molar-refractivity contribution in [2.75, 3.05) is 65.7 Å². The zero-order valence-corrected chi connectivity index (χ0v) is 20.8. The zero-order chi connectivity index (χ0) is 19.6. The highest BCUT2D eigenvalue weighted by Crippen LogP contribution is 2.14. The van der Waals surface area contributed by atoms with E-state index in [-0.39, 0.29) is 24.0 Å². The zero-order valence-electron chi connectivity index (χ0n) is 18.5. The molecule has 1 fully saturated rings. The molecule has 0 aromatic rings. The lowest BCUT2D eigenvalue weighted by atomic mass is 10.0. The van der Waals surface area contributed by atoms with Crippen LogP contribution in [0.4, 0.5) is 0 Å². The Labute approximate surface area is 190 Å². The molecule has 1 rings (SSSR count). The SMILES string of the molecule is CCCN(CCC)CCCNC(=NCCCOCC1CCOCC1)NCC.I. The van der Waals surface area contributed by atoms with Crippen LogP contribution in [0, 0.1) is 5.92 Å². The molecule has 1 saturated heterocycles.